The molecule has 1 aliphatic rings. The number of aromatic amines is 1. The largest absolute Gasteiger partial charge is 0.496 e. The molecule has 0 aliphatic heterocycles. The van der Waals surface area contributed by atoms with Crippen LogP contribution in [0.5, 0.6) is 5.75 Å². The van der Waals surface area contributed by atoms with Crippen molar-refractivity contribution in [1.82, 2.24) is 9.71 Å². The molecule has 1 aliphatic carbocycles. The molecule has 5 rings (SSSR count). The van der Waals surface area contributed by atoms with Gasteiger partial charge in [0, 0.05) is 52.5 Å². The Hall–Kier alpha value is -4.79. The van der Waals surface area contributed by atoms with Crippen LogP contribution in [0.3, 0.4) is 0 Å². The Balaban J connectivity index is 1.35. The molecule has 2 amide bonds. The molecule has 0 bridgehead atoms. The first kappa shape index (κ1) is 31.6. The number of aromatic nitrogens is 1. The highest BCUT2D eigenvalue weighted by Gasteiger charge is 2.24. The number of nitrogens with one attached hydrogen (secondary N) is 3. The van der Waals surface area contributed by atoms with Crippen molar-refractivity contribution in [3.05, 3.63) is 89.1 Å². The van der Waals surface area contributed by atoms with Crippen LogP contribution in [0.4, 0.5) is 10.5 Å². The molecule has 0 spiro atoms. The highest BCUT2D eigenvalue weighted by molar-refractivity contribution is 7.90. The Morgan fingerprint density at radius 2 is 1.80 bits per heavy atom. The minimum Gasteiger partial charge on any atom is -0.496 e. The van der Waals surface area contributed by atoms with Crippen molar-refractivity contribution in [2.24, 2.45) is 0 Å². The first-order chi connectivity index (χ1) is 21.7. The maximum atomic E-state index is 13.2. The van der Waals surface area contributed by atoms with Crippen LogP contribution in [0.2, 0.25) is 0 Å². The second-order valence-corrected chi connectivity index (χ2v) is 12.4. The molecule has 10 nitrogen and oxygen atoms in total. The van der Waals surface area contributed by atoms with E-state index in [1.807, 2.05) is 31.3 Å². The van der Waals surface area contributed by atoms with Crippen molar-refractivity contribution >= 4 is 38.6 Å². The lowest BCUT2D eigenvalue weighted by Crippen LogP contribution is -2.31. The molecule has 1 saturated carbocycles. The number of H-pyrrole nitrogens is 1. The summed E-state index contributed by atoms with van der Waals surface area (Å²) in [4.78, 5) is 28.8. The van der Waals surface area contributed by atoms with E-state index in [2.05, 4.69) is 26.9 Å². The number of rotatable bonds is 9. The number of benzene rings is 3. The first-order valence-electron chi connectivity index (χ1n) is 14.6. The zero-order valence-electron chi connectivity index (χ0n) is 25.3. The van der Waals surface area contributed by atoms with E-state index in [9.17, 15) is 18.0 Å². The van der Waals surface area contributed by atoms with E-state index in [1.165, 1.54) is 26.4 Å². The third-order valence-corrected chi connectivity index (χ3v) is 9.20. The molecule has 1 atom stereocenters. The fourth-order valence-electron chi connectivity index (χ4n) is 5.50. The van der Waals surface area contributed by atoms with Gasteiger partial charge in [0.15, 0.2) is 0 Å². The van der Waals surface area contributed by atoms with Gasteiger partial charge < -0.3 is 19.2 Å². The molecule has 1 aromatic heterocycles. The predicted molar refractivity (Wildman–Crippen MR) is 171 cm³/mol. The standard InChI is InChI=1S/C34H35N3O7S/c1-22(29-21-35-30-17-15-25(20-28(29)30)36-34(39)44-26-11-5-6-12-26)27-16-14-24(19-31(27)43-3)33(38)37-45(40,41)32-13-7-4-9-23(32)10-8-18-42-2/h4,7,9,13-17,19-22,26,35H,5-6,11-12,18H2,1-3H3,(H,36,39)(H,37,38). The van der Waals surface area contributed by atoms with E-state index in [4.69, 9.17) is 14.2 Å². The summed E-state index contributed by atoms with van der Waals surface area (Å²) in [5, 5.41) is 3.75. The number of amides is 2. The second kappa shape index (κ2) is 13.9. The van der Waals surface area contributed by atoms with Crippen molar-refractivity contribution in [3.8, 4) is 17.6 Å². The van der Waals surface area contributed by atoms with E-state index in [1.54, 1.807) is 30.3 Å². The quantitative estimate of drug-likeness (QED) is 0.195. The fraction of sp³-hybridized carbons (Fsp3) is 0.294. The second-order valence-electron chi connectivity index (χ2n) is 10.8. The predicted octanol–water partition coefficient (Wildman–Crippen LogP) is 5.94. The molecular formula is C34H35N3O7S. The van der Waals surface area contributed by atoms with Gasteiger partial charge in [-0.3, -0.25) is 10.1 Å². The number of ether oxygens (including phenoxy) is 3. The molecule has 234 valence electrons. The zero-order chi connectivity index (χ0) is 32.0. The van der Waals surface area contributed by atoms with Crippen LogP contribution < -0.4 is 14.8 Å². The molecule has 45 heavy (non-hydrogen) atoms. The maximum absolute atomic E-state index is 13.2. The van der Waals surface area contributed by atoms with Crippen LogP contribution >= 0.6 is 0 Å². The van der Waals surface area contributed by atoms with Crippen LogP contribution in [-0.2, 0) is 19.5 Å². The van der Waals surface area contributed by atoms with Crippen molar-refractivity contribution in [1.29, 1.82) is 0 Å². The summed E-state index contributed by atoms with van der Waals surface area (Å²) in [7, 11) is -1.25. The molecule has 0 saturated heterocycles. The van der Waals surface area contributed by atoms with Crippen LogP contribution in [0, 0.1) is 11.8 Å². The van der Waals surface area contributed by atoms with Gasteiger partial charge in [-0.05, 0) is 73.7 Å². The van der Waals surface area contributed by atoms with Crippen molar-refractivity contribution < 1.29 is 32.2 Å². The number of methoxy groups -OCH3 is 2. The minimum absolute atomic E-state index is 0.0367. The van der Waals surface area contributed by atoms with E-state index >= 15 is 0 Å². The van der Waals surface area contributed by atoms with Gasteiger partial charge >= 0.3 is 6.09 Å². The summed E-state index contributed by atoms with van der Waals surface area (Å²) in [6.07, 6.45) is 5.32. The van der Waals surface area contributed by atoms with Crippen LogP contribution in [0.1, 0.15) is 65.6 Å². The number of hydrogen-bond donors (Lipinski definition) is 3. The van der Waals surface area contributed by atoms with Crippen LogP contribution in [-0.4, -0.2) is 52.3 Å². The summed E-state index contributed by atoms with van der Waals surface area (Å²) >= 11 is 0. The van der Waals surface area contributed by atoms with Gasteiger partial charge in [-0.25, -0.2) is 17.9 Å². The number of sulfonamides is 1. The third-order valence-electron chi connectivity index (χ3n) is 7.81. The Morgan fingerprint density at radius 3 is 2.56 bits per heavy atom. The lowest BCUT2D eigenvalue weighted by atomic mass is 9.91. The van der Waals surface area contributed by atoms with E-state index in [-0.39, 0.29) is 34.7 Å². The lowest BCUT2D eigenvalue weighted by Gasteiger charge is -2.17. The Labute approximate surface area is 262 Å². The molecule has 11 heteroatoms. The number of fused-ring (bicyclic) bond motifs is 1. The van der Waals surface area contributed by atoms with E-state index < -0.39 is 22.0 Å². The normalized spacial score (nSPS) is 13.9. The molecule has 4 aromatic rings. The molecular weight excluding hydrogens is 594 g/mol. The Morgan fingerprint density at radius 1 is 1.02 bits per heavy atom. The van der Waals surface area contributed by atoms with Crippen molar-refractivity contribution in [2.75, 3.05) is 26.1 Å². The number of carbonyl (C=O) groups is 2. The van der Waals surface area contributed by atoms with Gasteiger partial charge in [-0.15, -0.1) is 0 Å². The summed E-state index contributed by atoms with van der Waals surface area (Å²) < 4.78 is 44.6. The number of hydrogen-bond acceptors (Lipinski definition) is 7. The van der Waals surface area contributed by atoms with Crippen LogP contribution in [0.15, 0.2) is 71.8 Å². The van der Waals surface area contributed by atoms with Gasteiger partial charge in [-0.1, -0.05) is 37.0 Å². The maximum Gasteiger partial charge on any atom is 0.411 e. The molecule has 1 heterocycles. The van der Waals surface area contributed by atoms with Crippen molar-refractivity contribution in [3.63, 3.8) is 0 Å². The Bertz CT molecular complexity index is 1880. The lowest BCUT2D eigenvalue weighted by molar-refractivity contribution is 0.0980. The highest BCUT2D eigenvalue weighted by atomic mass is 32.2. The van der Waals surface area contributed by atoms with E-state index in [0.29, 0.717) is 11.4 Å². The summed E-state index contributed by atoms with van der Waals surface area (Å²) in [6.45, 7) is 2.14. The summed E-state index contributed by atoms with van der Waals surface area (Å²) in [5.41, 5.74) is 3.60. The minimum atomic E-state index is -4.23. The monoisotopic (exact) mass is 629 g/mol. The summed E-state index contributed by atoms with van der Waals surface area (Å²) in [6, 6.07) is 16.6. The van der Waals surface area contributed by atoms with Gasteiger partial charge in [0.2, 0.25) is 0 Å². The van der Waals surface area contributed by atoms with Gasteiger partial charge in [0.1, 0.15) is 23.4 Å². The average Bonchev–Trinajstić information content (AvgIpc) is 3.70. The Kier molecular flexibility index (Phi) is 9.76. The van der Waals surface area contributed by atoms with Crippen molar-refractivity contribution in [2.45, 2.75) is 49.5 Å². The topological polar surface area (TPSA) is 136 Å². The number of carbonyl (C=O) groups excluding carboxylic acids is 2. The smallest absolute Gasteiger partial charge is 0.411 e. The van der Waals surface area contributed by atoms with E-state index in [0.717, 1.165) is 47.7 Å². The van der Waals surface area contributed by atoms with Gasteiger partial charge in [-0.2, -0.15) is 0 Å². The molecule has 3 N–H and O–H groups in total. The molecule has 3 aromatic carbocycles. The number of anilines is 1. The zero-order valence-corrected chi connectivity index (χ0v) is 26.1. The fourth-order valence-corrected chi connectivity index (χ4v) is 6.64. The SMILES string of the molecule is COCC#Cc1ccccc1S(=O)(=O)NC(=O)c1ccc(C(C)c2c[nH]c3ccc(NC(=O)OC4CCCC4)cc23)c(OC)c1. The molecule has 1 unspecified atom stereocenters. The summed E-state index contributed by atoms with van der Waals surface area (Å²) in [5.74, 6) is 4.93. The molecule has 1 fully saturated rings. The highest BCUT2D eigenvalue weighted by Crippen LogP contribution is 2.37. The van der Waals surface area contributed by atoms with Gasteiger partial charge in [0.05, 0.1) is 7.11 Å². The average molecular weight is 630 g/mol. The van der Waals surface area contributed by atoms with Crippen LogP contribution in [0.25, 0.3) is 10.9 Å². The molecule has 0 radical (unpaired) electrons. The first-order valence-corrected chi connectivity index (χ1v) is 16.1. The van der Waals surface area contributed by atoms with Gasteiger partial charge in [0.25, 0.3) is 15.9 Å². The third kappa shape index (κ3) is 7.30.